The largest absolute Gasteiger partial charge is 0.495 e. The number of carbonyl (C=O) groups excluding carboxylic acids is 1. The van der Waals surface area contributed by atoms with Crippen molar-refractivity contribution < 1.29 is 23.9 Å². The van der Waals surface area contributed by atoms with Crippen LogP contribution in [0.3, 0.4) is 0 Å². The van der Waals surface area contributed by atoms with Gasteiger partial charge in [0.25, 0.3) is 11.6 Å². The van der Waals surface area contributed by atoms with Crippen LogP contribution in [0.5, 0.6) is 17.2 Å². The van der Waals surface area contributed by atoms with Gasteiger partial charge in [-0.1, -0.05) is 17.7 Å². The normalized spacial score (nSPS) is 10.0. The van der Waals surface area contributed by atoms with Crippen LogP contribution in [0, 0.1) is 10.1 Å². The van der Waals surface area contributed by atoms with Crippen molar-refractivity contribution in [2.45, 2.75) is 0 Å². The van der Waals surface area contributed by atoms with Crippen LogP contribution < -0.4 is 19.5 Å². The van der Waals surface area contributed by atoms with Crippen LogP contribution in [-0.4, -0.2) is 31.7 Å². The molecular formula is C16H15ClN2O6. The fourth-order valence-corrected chi connectivity index (χ4v) is 2.21. The van der Waals surface area contributed by atoms with Crippen molar-refractivity contribution in [3.05, 3.63) is 51.5 Å². The number of ether oxygens (including phenoxy) is 3. The van der Waals surface area contributed by atoms with E-state index in [1.54, 1.807) is 0 Å². The maximum absolute atomic E-state index is 12.1. The summed E-state index contributed by atoms with van der Waals surface area (Å²) in [5.74, 6) is 0.464. The van der Waals surface area contributed by atoms with E-state index >= 15 is 0 Å². The summed E-state index contributed by atoms with van der Waals surface area (Å²) in [6.45, 7) is -0.338. The molecule has 0 saturated heterocycles. The van der Waals surface area contributed by atoms with Crippen LogP contribution in [-0.2, 0) is 4.79 Å². The summed E-state index contributed by atoms with van der Waals surface area (Å²) < 4.78 is 15.5. The van der Waals surface area contributed by atoms with Gasteiger partial charge in [0.2, 0.25) is 0 Å². The van der Waals surface area contributed by atoms with Crippen LogP contribution >= 0.6 is 11.6 Å². The van der Waals surface area contributed by atoms with Gasteiger partial charge in [0.1, 0.15) is 17.2 Å². The molecular weight excluding hydrogens is 352 g/mol. The van der Waals surface area contributed by atoms with E-state index in [0.717, 1.165) is 0 Å². The minimum Gasteiger partial charge on any atom is -0.495 e. The topological polar surface area (TPSA) is 99.9 Å². The number of hydrogen-bond donors (Lipinski definition) is 1. The third-order valence-corrected chi connectivity index (χ3v) is 3.44. The number of anilines is 1. The zero-order valence-electron chi connectivity index (χ0n) is 13.4. The fraction of sp³-hybridized carbons (Fsp3) is 0.188. The molecule has 0 radical (unpaired) electrons. The second kappa shape index (κ2) is 8.20. The molecule has 0 aliphatic carbocycles. The molecule has 2 aromatic carbocycles. The summed E-state index contributed by atoms with van der Waals surface area (Å²) in [5.41, 5.74) is 0.235. The third-order valence-electron chi connectivity index (χ3n) is 3.15. The smallest absolute Gasteiger partial charge is 0.273 e. The molecule has 132 valence electrons. The second-order valence-electron chi connectivity index (χ2n) is 4.78. The first kappa shape index (κ1) is 18.3. The summed E-state index contributed by atoms with van der Waals surface area (Å²) in [4.78, 5) is 22.2. The minimum absolute atomic E-state index is 0.123. The maximum Gasteiger partial charge on any atom is 0.273 e. The Morgan fingerprint density at radius 3 is 2.56 bits per heavy atom. The Balaban J connectivity index is 2.05. The van der Waals surface area contributed by atoms with Crippen molar-refractivity contribution in [2.75, 3.05) is 26.1 Å². The lowest BCUT2D eigenvalue weighted by Gasteiger charge is -2.13. The number of nitrogens with zero attached hydrogens (tertiary/aromatic N) is 1. The molecule has 2 aromatic rings. The highest BCUT2D eigenvalue weighted by Crippen LogP contribution is 2.35. The number of carbonyl (C=O) groups is 1. The van der Waals surface area contributed by atoms with E-state index in [1.165, 1.54) is 50.6 Å². The molecule has 0 aromatic heterocycles. The zero-order valence-corrected chi connectivity index (χ0v) is 14.2. The lowest BCUT2D eigenvalue weighted by molar-refractivity contribution is -0.384. The summed E-state index contributed by atoms with van der Waals surface area (Å²) in [6.07, 6.45) is 0. The monoisotopic (exact) mass is 366 g/mol. The van der Waals surface area contributed by atoms with Crippen LogP contribution in [0.1, 0.15) is 0 Å². The van der Waals surface area contributed by atoms with Crippen molar-refractivity contribution in [3.8, 4) is 17.2 Å². The Morgan fingerprint density at radius 1 is 1.20 bits per heavy atom. The van der Waals surface area contributed by atoms with Gasteiger partial charge >= 0.3 is 0 Å². The average molecular weight is 367 g/mol. The summed E-state index contributed by atoms with van der Waals surface area (Å²) in [7, 11) is 2.89. The number of nitro benzene ring substituents is 1. The molecule has 1 N–H and O–H groups in total. The lowest BCUT2D eigenvalue weighted by Crippen LogP contribution is -2.20. The molecule has 8 nitrogen and oxygen atoms in total. The van der Waals surface area contributed by atoms with Crippen LogP contribution in [0.4, 0.5) is 11.4 Å². The average Bonchev–Trinajstić information content (AvgIpc) is 2.61. The molecule has 1 amide bonds. The molecule has 9 heteroatoms. The molecule has 0 heterocycles. The molecule has 0 saturated carbocycles. The number of non-ortho nitro benzene ring substituents is 1. The number of hydrogen-bond acceptors (Lipinski definition) is 6. The molecule has 25 heavy (non-hydrogen) atoms. The van der Waals surface area contributed by atoms with Crippen LogP contribution in [0.15, 0.2) is 36.4 Å². The summed E-state index contributed by atoms with van der Waals surface area (Å²) >= 11 is 6.00. The molecule has 0 spiro atoms. The highest BCUT2D eigenvalue weighted by atomic mass is 35.5. The number of nitro groups is 1. The second-order valence-corrected chi connectivity index (χ2v) is 5.19. The van der Waals surface area contributed by atoms with Crippen molar-refractivity contribution in [2.24, 2.45) is 0 Å². The molecule has 2 rings (SSSR count). The Morgan fingerprint density at radius 2 is 1.92 bits per heavy atom. The van der Waals surface area contributed by atoms with Gasteiger partial charge in [-0.3, -0.25) is 14.9 Å². The maximum atomic E-state index is 12.1. The Labute approximate surface area is 148 Å². The van der Waals surface area contributed by atoms with Gasteiger partial charge in [0, 0.05) is 18.2 Å². The Bertz CT molecular complexity index is 796. The summed E-state index contributed by atoms with van der Waals surface area (Å²) in [5, 5.41) is 13.7. The van der Waals surface area contributed by atoms with E-state index in [4.69, 9.17) is 25.8 Å². The van der Waals surface area contributed by atoms with E-state index in [1.807, 2.05) is 0 Å². The minimum atomic E-state index is -0.544. The van der Waals surface area contributed by atoms with Crippen LogP contribution in [0.25, 0.3) is 0 Å². The fourth-order valence-electron chi connectivity index (χ4n) is 1.98. The van der Waals surface area contributed by atoms with E-state index in [-0.39, 0.29) is 18.0 Å². The Kier molecular flexibility index (Phi) is 6.02. The molecule has 0 aliphatic heterocycles. The van der Waals surface area contributed by atoms with Crippen molar-refractivity contribution >= 4 is 28.9 Å². The van der Waals surface area contributed by atoms with Crippen molar-refractivity contribution in [1.82, 2.24) is 0 Å². The zero-order chi connectivity index (χ0) is 18.4. The third kappa shape index (κ3) is 4.74. The predicted octanol–water partition coefficient (Wildman–Crippen LogP) is 3.28. The molecule has 0 bridgehead atoms. The van der Waals surface area contributed by atoms with E-state index in [9.17, 15) is 14.9 Å². The molecule has 0 aliphatic rings. The number of halogens is 1. The number of methoxy groups -OCH3 is 2. The predicted molar refractivity (Wildman–Crippen MR) is 91.8 cm³/mol. The lowest BCUT2D eigenvalue weighted by atomic mass is 10.2. The van der Waals surface area contributed by atoms with Gasteiger partial charge in [0.05, 0.1) is 35.9 Å². The number of rotatable bonds is 7. The quantitative estimate of drug-likeness (QED) is 0.596. The first-order valence-electron chi connectivity index (χ1n) is 7.03. The van der Waals surface area contributed by atoms with Gasteiger partial charge in [-0.05, 0) is 6.07 Å². The van der Waals surface area contributed by atoms with E-state index in [0.29, 0.717) is 22.2 Å². The van der Waals surface area contributed by atoms with Gasteiger partial charge in [-0.25, -0.2) is 0 Å². The first-order valence-corrected chi connectivity index (χ1v) is 7.41. The van der Waals surface area contributed by atoms with Gasteiger partial charge in [0.15, 0.2) is 6.61 Å². The van der Waals surface area contributed by atoms with E-state index < -0.39 is 10.8 Å². The van der Waals surface area contributed by atoms with Crippen LogP contribution in [0.2, 0.25) is 5.02 Å². The van der Waals surface area contributed by atoms with Gasteiger partial charge in [-0.15, -0.1) is 0 Å². The van der Waals surface area contributed by atoms with Crippen molar-refractivity contribution in [3.63, 3.8) is 0 Å². The highest BCUT2D eigenvalue weighted by molar-refractivity contribution is 6.32. The molecule has 0 fully saturated rings. The Hall–Kier alpha value is -3.00. The standard InChI is InChI=1S/C16H15ClN2O6/c1-23-14-8-13(15(24-2)7-12(14)17)18-16(20)9-25-11-5-3-4-10(6-11)19(21)22/h3-8H,9H2,1-2H3,(H,18,20). The van der Waals surface area contributed by atoms with Crippen molar-refractivity contribution in [1.29, 1.82) is 0 Å². The van der Waals surface area contributed by atoms with Gasteiger partial charge < -0.3 is 19.5 Å². The number of amides is 1. The first-order chi connectivity index (χ1) is 11.9. The van der Waals surface area contributed by atoms with Gasteiger partial charge in [-0.2, -0.15) is 0 Å². The summed E-state index contributed by atoms with van der Waals surface area (Å²) in [6, 6.07) is 8.59. The van der Waals surface area contributed by atoms with E-state index in [2.05, 4.69) is 5.32 Å². The SMILES string of the molecule is COc1cc(NC(=O)COc2cccc([N+](=O)[O-])c2)c(OC)cc1Cl. The molecule has 0 unspecified atom stereocenters. The molecule has 0 atom stereocenters. The highest BCUT2D eigenvalue weighted by Gasteiger charge is 2.13. The number of nitrogens with one attached hydrogen (secondary N) is 1. The number of benzene rings is 2.